The minimum Gasteiger partial charge on any atom is -0.391 e. The van der Waals surface area contributed by atoms with Crippen LogP contribution in [0, 0.1) is 0 Å². The van der Waals surface area contributed by atoms with Gasteiger partial charge in [0.25, 0.3) is 10.1 Å². The van der Waals surface area contributed by atoms with Crippen molar-refractivity contribution in [1.82, 2.24) is 5.32 Å². The van der Waals surface area contributed by atoms with E-state index in [1.807, 2.05) is 0 Å². The van der Waals surface area contributed by atoms with Gasteiger partial charge in [-0.15, -0.1) is 0 Å². The number of carbonyl (C=O) groups excluding carboxylic acids is 1. The highest BCUT2D eigenvalue weighted by Crippen LogP contribution is 2.16. The Bertz CT molecular complexity index is 834. The van der Waals surface area contributed by atoms with Crippen molar-refractivity contribution in [1.29, 1.82) is 0 Å². The summed E-state index contributed by atoms with van der Waals surface area (Å²) in [5.41, 5.74) is 0. The predicted molar refractivity (Wildman–Crippen MR) is 204 cm³/mol. The highest BCUT2D eigenvalue weighted by atomic mass is 32.2. The Morgan fingerprint density at radius 3 is 1.25 bits per heavy atom. The second-order valence-corrected chi connectivity index (χ2v) is 15.9. The van der Waals surface area contributed by atoms with Crippen LogP contribution in [0.1, 0.15) is 213 Å². The lowest BCUT2D eigenvalue weighted by atomic mass is 10.0. The number of hydrogen-bond donors (Lipinski definition) is 4. The number of carbonyl (C=O) groups is 1. The fourth-order valence-corrected chi connectivity index (χ4v) is 7.16. The lowest BCUT2D eigenvalue weighted by molar-refractivity contribution is -0.131. The average molecular weight is 702 g/mol. The summed E-state index contributed by atoms with van der Waals surface area (Å²) < 4.78 is 32.5. The van der Waals surface area contributed by atoms with Crippen molar-refractivity contribution < 1.29 is 28.0 Å². The van der Waals surface area contributed by atoms with E-state index in [0.717, 1.165) is 51.4 Å². The molecule has 48 heavy (non-hydrogen) atoms. The fourth-order valence-electron chi connectivity index (χ4n) is 6.40. The van der Waals surface area contributed by atoms with Gasteiger partial charge in [0.05, 0.1) is 17.9 Å². The molecule has 0 aliphatic carbocycles. The zero-order valence-electron chi connectivity index (χ0n) is 31.5. The van der Waals surface area contributed by atoms with E-state index in [0.29, 0.717) is 19.3 Å². The molecule has 4 N–H and O–H groups in total. The molecule has 286 valence electrons. The van der Waals surface area contributed by atoms with E-state index in [-0.39, 0.29) is 0 Å². The molecule has 0 aliphatic heterocycles. The first-order valence-electron chi connectivity index (χ1n) is 20.5. The Labute approximate surface area is 297 Å². The zero-order valence-corrected chi connectivity index (χ0v) is 32.3. The van der Waals surface area contributed by atoms with Crippen LogP contribution < -0.4 is 5.32 Å². The molecule has 0 saturated carbocycles. The summed E-state index contributed by atoms with van der Waals surface area (Å²) in [5, 5.41) is 23.5. The normalized spacial score (nSPS) is 14.0. The molecule has 0 fully saturated rings. The third-order valence-electron chi connectivity index (χ3n) is 9.58. The number of amides is 1. The van der Waals surface area contributed by atoms with E-state index in [9.17, 15) is 28.0 Å². The van der Waals surface area contributed by atoms with E-state index < -0.39 is 40.0 Å². The van der Waals surface area contributed by atoms with Gasteiger partial charge >= 0.3 is 0 Å². The fraction of sp³-hybridized carbons (Fsp3) is 0.925. The summed E-state index contributed by atoms with van der Waals surface area (Å²) in [5.74, 6) is -1.45. The summed E-state index contributed by atoms with van der Waals surface area (Å²) in [6.45, 7) is 4.50. The molecule has 0 aromatic carbocycles. The maximum absolute atomic E-state index is 12.6. The molecule has 0 aliphatic rings. The molecule has 0 heterocycles. The van der Waals surface area contributed by atoms with E-state index in [1.54, 1.807) is 0 Å². The first-order valence-corrected chi connectivity index (χ1v) is 22.1. The van der Waals surface area contributed by atoms with Crippen LogP contribution >= 0.6 is 0 Å². The Hall–Kier alpha value is -0.960. The number of nitrogens with one attached hydrogen (secondary N) is 1. The van der Waals surface area contributed by atoms with Gasteiger partial charge in [-0.25, -0.2) is 0 Å². The molecule has 3 atom stereocenters. The number of aliphatic hydroxyl groups excluding tert-OH is 2. The average Bonchev–Trinajstić information content (AvgIpc) is 3.05. The molecule has 0 bridgehead atoms. The third kappa shape index (κ3) is 33.5. The van der Waals surface area contributed by atoms with Crippen LogP contribution in [0.2, 0.25) is 0 Å². The number of rotatable bonds is 37. The van der Waals surface area contributed by atoms with Gasteiger partial charge < -0.3 is 15.5 Å². The maximum atomic E-state index is 12.6. The minimum atomic E-state index is -4.40. The smallest absolute Gasteiger partial charge is 0.266 e. The molecule has 0 aromatic heterocycles. The minimum absolute atomic E-state index is 0.292. The van der Waals surface area contributed by atoms with E-state index >= 15 is 0 Å². The van der Waals surface area contributed by atoms with Crippen molar-refractivity contribution in [2.75, 3.05) is 5.75 Å². The predicted octanol–water partition coefficient (Wildman–Crippen LogP) is 10.8. The summed E-state index contributed by atoms with van der Waals surface area (Å²) >= 11 is 0. The molecule has 7 nitrogen and oxygen atoms in total. The number of aliphatic hydroxyl groups is 2. The highest BCUT2D eigenvalue weighted by molar-refractivity contribution is 7.85. The summed E-state index contributed by atoms with van der Waals surface area (Å²) in [6.07, 6.45) is 37.9. The van der Waals surface area contributed by atoms with Gasteiger partial charge in [-0.2, -0.15) is 8.42 Å². The maximum Gasteiger partial charge on any atom is 0.266 e. The van der Waals surface area contributed by atoms with Gasteiger partial charge in [0, 0.05) is 0 Å². The van der Waals surface area contributed by atoms with Gasteiger partial charge in [0.2, 0.25) is 5.91 Å². The SMILES string of the molecule is CCCCCCCC/C=C\CCCCCCCCC(O)C(=O)NC(CS(=O)(=O)O)C(O)CCCCCCCCCCCCCCCCC. The molecule has 0 aromatic rings. The van der Waals surface area contributed by atoms with Crippen molar-refractivity contribution in [3.05, 3.63) is 12.2 Å². The van der Waals surface area contributed by atoms with Crippen LogP contribution in [0.15, 0.2) is 12.2 Å². The molecule has 0 spiro atoms. The molecular formula is C40H79NO6S. The van der Waals surface area contributed by atoms with Crippen molar-refractivity contribution in [2.45, 2.75) is 231 Å². The van der Waals surface area contributed by atoms with Crippen LogP contribution in [0.3, 0.4) is 0 Å². The highest BCUT2D eigenvalue weighted by Gasteiger charge is 2.28. The molecule has 0 radical (unpaired) electrons. The standard InChI is InChI=1S/C40H79NO6S/c1-3-5-7-9-11-13-15-17-19-21-23-25-27-29-31-33-35-39(43)40(44)41-37(36-48(45,46)47)38(42)34-32-30-28-26-24-22-20-18-16-14-12-10-8-6-4-2/h17,19,37-39,42-43H,3-16,18,20-36H2,1-2H3,(H,41,44)(H,45,46,47)/b19-17-. The zero-order chi connectivity index (χ0) is 35.6. The number of hydrogen-bond acceptors (Lipinski definition) is 5. The van der Waals surface area contributed by atoms with Crippen molar-refractivity contribution in [3.63, 3.8) is 0 Å². The van der Waals surface area contributed by atoms with Crippen LogP contribution in [-0.2, 0) is 14.9 Å². The van der Waals surface area contributed by atoms with E-state index in [4.69, 9.17) is 0 Å². The Morgan fingerprint density at radius 2 is 0.875 bits per heavy atom. The second kappa shape index (κ2) is 34.5. The monoisotopic (exact) mass is 702 g/mol. The molecule has 8 heteroatoms. The Balaban J connectivity index is 3.99. The number of unbranched alkanes of at least 4 members (excludes halogenated alkanes) is 26. The molecule has 3 unspecified atom stereocenters. The Kier molecular flexibility index (Phi) is 33.8. The van der Waals surface area contributed by atoms with Crippen LogP contribution in [0.5, 0.6) is 0 Å². The van der Waals surface area contributed by atoms with Crippen molar-refractivity contribution >= 4 is 16.0 Å². The van der Waals surface area contributed by atoms with E-state index in [1.165, 1.54) is 128 Å². The topological polar surface area (TPSA) is 124 Å². The van der Waals surface area contributed by atoms with Gasteiger partial charge in [0.1, 0.15) is 6.10 Å². The van der Waals surface area contributed by atoms with Crippen LogP contribution in [0.4, 0.5) is 0 Å². The van der Waals surface area contributed by atoms with Crippen molar-refractivity contribution in [2.24, 2.45) is 0 Å². The molecule has 1 amide bonds. The molecule has 0 saturated heterocycles. The first-order chi connectivity index (χ1) is 23.2. The summed E-state index contributed by atoms with van der Waals surface area (Å²) in [4.78, 5) is 12.6. The van der Waals surface area contributed by atoms with E-state index in [2.05, 4.69) is 31.3 Å². The molecule has 0 rings (SSSR count). The van der Waals surface area contributed by atoms with Gasteiger partial charge in [0.15, 0.2) is 0 Å². The largest absolute Gasteiger partial charge is 0.391 e. The molecular weight excluding hydrogens is 623 g/mol. The third-order valence-corrected chi connectivity index (χ3v) is 10.4. The summed E-state index contributed by atoms with van der Waals surface area (Å²) in [6, 6.07) is -1.14. The second-order valence-electron chi connectivity index (χ2n) is 14.4. The lowest BCUT2D eigenvalue weighted by Gasteiger charge is -2.24. The van der Waals surface area contributed by atoms with Gasteiger partial charge in [-0.3, -0.25) is 9.35 Å². The van der Waals surface area contributed by atoms with Crippen LogP contribution in [0.25, 0.3) is 0 Å². The van der Waals surface area contributed by atoms with Gasteiger partial charge in [-0.05, 0) is 38.5 Å². The quantitative estimate of drug-likeness (QED) is 0.0290. The first kappa shape index (κ1) is 47.0. The number of allylic oxidation sites excluding steroid dienone is 2. The summed E-state index contributed by atoms with van der Waals surface area (Å²) in [7, 11) is -4.40. The van der Waals surface area contributed by atoms with Gasteiger partial charge in [-0.1, -0.05) is 187 Å². The Morgan fingerprint density at radius 1 is 0.542 bits per heavy atom. The van der Waals surface area contributed by atoms with Crippen molar-refractivity contribution in [3.8, 4) is 0 Å². The lowest BCUT2D eigenvalue weighted by Crippen LogP contribution is -2.50. The van der Waals surface area contributed by atoms with Crippen LogP contribution in [-0.4, -0.2) is 53.1 Å².